The Morgan fingerprint density at radius 3 is 2.80 bits per heavy atom. The fourth-order valence-corrected chi connectivity index (χ4v) is 0.902. The molecule has 2 nitrogen and oxygen atoms in total. The molecule has 0 aliphatic carbocycles. The molecule has 0 aliphatic rings. The third-order valence-corrected chi connectivity index (χ3v) is 1.47. The zero-order valence-electron chi connectivity index (χ0n) is 6.77. The molecule has 0 aromatic rings. The van der Waals surface area contributed by atoms with Gasteiger partial charge in [0.15, 0.2) is 0 Å². The van der Waals surface area contributed by atoms with E-state index in [0.717, 1.165) is 19.5 Å². The minimum atomic E-state index is 0.475. The van der Waals surface area contributed by atoms with E-state index < -0.39 is 0 Å². The van der Waals surface area contributed by atoms with Crippen LogP contribution in [0.1, 0.15) is 19.8 Å². The third kappa shape index (κ3) is 4.53. The van der Waals surface area contributed by atoms with E-state index in [0.29, 0.717) is 6.04 Å². The van der Waals surface area contributed by atoms with Crippen molar-refractivity contribution in [3.8, 4) is 0 Å². The monoisotopic (exact) mass is 142 g/mol. The Balaban J connectivity index is 3.29. The van der Waals surface area contributed by atoms with Gasteiger partial charge in [-0.15, -0.1) is 6.58 Å². The largest absolute Gasteiger partial charge is 0.329 e. The summed E-state index contributed by atoms with van der Waals surface area (Å²) in [6.07, 6.45) is 4.20. The first-order valence-electron chi connectivity index (χ1n) is 3.89. The van der Waals surface area contributed by atoms with Crippen LogP contribution < -0.4 is 11.1 Å². The van der Waals surface area contributed by atoms with Crippen LogP contribution in [0.15, 0.2) is 12.7 Å². The standard InChI is InChI=1S/C8H18N2/c1-3-5-8(7-9)10-6-4-2/h4,8,10H,2-3,5-7,9H2,1H3. The highest BCUT2D eigenvalue weighted by Gasteiger charge is 2.00. The van der Waals surface area contributed by atoms with Crippen LogP contribution in [0.2, 0.25) is 0 Å². The highest BCUT2D eigenvalue weighted by Crippen LogP contribution is 1.93. The van der Waals surface area contributed by atoms with Crippen LogP contribution in [-0.4, -0.2) is 19.1 Å². The molecule has 0 rings (SSSR count). The van der Waals surface area contributed by atoms with Gasteiger partial charge in [-0.25, -0.2) is 0 Å². The van der Waals surface area contributed by atoms with Crippen molar-refractivity contribution in [3.05, 3.63) is 12.7 Å². The smallest absolute Gasteiger partial charge is 0.0193 e. The van der Waals surface area contributed by atoms with Crippen molar-refractivity contribution in [2.24, 2.45) is 5.73 Å². The lowest BCUT2D eigenvalue weighted by atomic mass is 10.2. The molecule has 3 N–H and O–H groups in total. The van der Waals surface area contributed by atoms with Crippen LogP contribution in [0.25, 0.3) is 0 Å². The van der Waals surface area contributed by atoms with Crippen molar-refractivity contribution in [2.45, 2.75) is 25.8 Å². The summed E-state index contributed by atoms with van der Waals surface area (Å²) >= 11 is 0. The quantitative estimate of drug-likeness (QED) is 0.540. The molecule has 0 heterocycles. The average molecular weight is 142 g/mol. The van der Waals surface area contributed by atoms with E-state index >= 15 is 0 Å². The van der Waals surface area contributed by atoms with E-state index in [9.17, 15) is 0 Å². The molecule has 2 heteroatoms. The summed E-state index contributed by atoms with van der Waals surface area (Å²) < 4.78 is 0. The highest BCUT2D eigenvalue weighted by atomic mass is 14.9. The Kier molecular flexibility index (Phi) is 6.55. The summed E-state index contributed by atoms with van der Waals surface area (Å²) in [5.74, 6) is 0. The van der Waals surface area contributed by atoms with Gasteiger partial charge in [0.25, 0.3) is 0 Å². The Morgan fingerprint density at radius 1 is 1.70 bits per heavy atom. The van der Waals surface area contributed by atoms with Gasteiger partial charge in [-0.1, -0.05) is 19.4 Å². The van der Waals surface area contributed by atoms with Crippen LogP contribution in [0.4, 0.5) is 0 Å². The number of nitrogens with one attached hydrogen (secondary N) is 1. The minimum Gasteiger partial charge on any atom is -0.329 e. The zero-order chi connectivity index (χ0) is 7.82. The van der Waals surface area contributed by atoms with Gasteiger partial charge in [0.2, 0.25) is 0 Å². The van der Waals surface area contributed by atoms with Crippen LogP contribution in [0.3, 0.4) is 0 Å². The van der Waals surface area contributed by atoms with Crippen molar-refractivity contribution < 1.29 is 0 Å². The normalized spacial score (nSPS) is 13.0. The molecule has 0 aliphatic heterocycles. The fourth-order valence-electron chi connectivity index (χ4n) is 0.902. The van der Waals surface area contributed by atoms with Crippen molar-refractivity contribution >= 4 is 0 Å². The fraction of sp³-hybridized carbons (Fsp3) is 0.750. The predicted molar refractivity (Wildman–Crippen MR) is 46.0 cm³/mol. The predicted octanol–water partition coefficient (Wildman–Crippen LogP) is 0.889. The van der Waals surface area contributed by atoms with Gasteiger partial charge in [-0.05, 0) is 6.42 Å². The van der Waals surface area contributed by atoms with Crippen molar-refractivity contribution in [3.63, 3.8) is 0 Å². The number of nitrogens with two attached hydrogens (primary N) is 1. The molecular formula is C8H18N2. The second-order valence-electron chi connectivity index (χ2n) is 2.42. The molecule has 1 unspecified atom stereocenters. The Morgan fingerprint density at radius 2 is 2.40 bits per heavy atom. The van der Waals surface area contributed by atoms with Gasteiger partial charge >= 0.3 is 0 Å². The van der Waals surface area contributed by atoms with Crippen molar-refractivity contribution in [2.75, 3.05) is 13.1 Å². The first kappa shape index (κ1) is 9.66. The van der Waals surface area contributed by atoms with E-state index in [1.54, 1.807) is 0 Å². The molecule has 60 valence electrons. The first-order chi connectivity index (χ1) is 4.85. The minimum absolute atomic E-state index is 0.475. The van der Waals surface area contributed by atoms with Crippen LogP contribution in [0, 0.1) is 0 Å². The maximum absolute atomic E-state index is 5.50. The highest BCUT2D eigenvalue weighted by molar-refractivity contribution is 4.75. The van der Waals surface area contributed by atoms with Gasteiger partial charge in [0.05, 0.1) is 0 Å². The van der Waals surface area contributed by atoms with E-state index in [1.807, 2.05) is 6.08 Å². The van der Waals surface area contributed by atoms with Crippen molar-refractivity contribution in [1.82, 2.24) is 5.32 Å². The van der Waals surface area contributed by atoms with Gasteiger partial charge in [0.1, 0.15) is 0 Å². The molecule has 0 saturated heterocycles. The maximum atomic E-state index is 5.50. The average Bonchev–Trinajstić information content (AvgIpc) is 1.98. The molecule has 0 saturated carbocycles. The van der Waals surface area contributed by atoms with Crippen LogP contribution in [-0.2, 0) is 0 Å². The lowest BCUT2D eigenvalue weighted by Gasteiger charge is -2.13. The second kappa shape index (κ2) is 6.78. The first-order valence-corrected chi connectivity index (χ1v) is 3.89. The Bertz CT molecular complexity index is 81.3. The van der Waals surface area contributed by atoms with Gasteiger partial charge < -0.3 is 11.1 Å². The van der Waals surface area contributed by atoms with E-state index in [1.165, 1.54) is 6.42 Å². The topological polar surface area (TPSA) is 38.0 Å². The number of hydrogen-bond acceptors (Lipinski definition) is 2. The SMILES string of the molecule is C=CCNC(CN)CCC. The Hall–Kier alpha value is -0.340. The number of hydrogen-bond donors (Lipinski definition) is 2. The van der Waals surface area contributed by atoms with Gasteiger partial charge in [-0.2, -0.15) is 0 Å². The zero-order valence-corrected chi connectivity index (χ0v) is 6.77. The molecule has 1 atom stereocenters. The summed E-state index contributed by atoms with van der Waals surface area (Å²) in [6, 6.07) is 0.475. The molecule has 0 spiro atoms. The Labute approximate surface area is 63.5 Å². The third-order valence-electron chi connectivity index (χ3n) is 1.47. The lowest BCUT2D eigenvalue weighted by Crippen LogP contribution is -2.35. The van der Waals surface area contributed by atoms with Crippen molar-refractivity contribution in [1.29, 1.82) is 0 Å². The second-order valence-corrected chi connectivity index (χ2v) is 2.42. The van der Waals surface area contributed by atoms with E-state index in [2.05, 4.69) is 18.8 Å². The summed E-state index contributed by atoms with van der Waals surface area (Å²) in [6.45, 7) is 7.38. The summed E-state index contributed by atoms with van der Waals surface area (Å²) in [5.41, 5.74) is 5.50. The molecule has 0 radical (unpaired) electrons. The molecule has 10 heavy (non-hydrogen) atoms. The molecule has 0 aromatic carbocycles. The maximum Gasteiger partial charge on any atom is 0.0193 e. The lowest BCUT2D eigenvalue weighted by molar-refractivity contribution is 0.507. The van der Waals surface area contributed by atoms with Gasteiger partial charge in [-0.3, -0.25) is 0 Å². The van der Waals surface area contributed by atoms with E-state index in [4.69, 9.17) is 5.73 Å². The van der Waals surface area contributed by atoms with Crippen LogP contribution in [0.5, 0.6) is 0 Å². The summed E-state index contributed by atoms with van der Waals surface area (Å²) in [5, 5.41) is 3.28. The summed E-state index contributed by atoms with van der Waals surface area (Å²) in [7, 11) is 0. The van der Waals surface area contributed by atoms with E-state index in [-0.39, 0.29) is 0 Å². The van der Waals surface area contributed by atoms with Gasteiger partial charge in [0, 0.05) is 19.1 Å². The molecular weight excluding hydrogens is 124 g/mol. The molecule has 0 fully saturated rings. The molecule has 0 amide bonds. The molecule has 0 bridgehead atoms. The van der Waals surface area contributed by atoms with Crippen LogP contribution >= 0.6 is 0 Å². The number of rotatable bonds is 6. The summed E-state index contributed by atoms with van der Waals surface area (Å²) in [4.78, 5) is 0. The molecule has 0 aromatic heterocycles.